The molecule has 1 aromatic carbocycles. The van der Waals surface area contributed by atoms with Crippen molar-refractivity contribution in [1.82, 2.24) is 15.2 Å². The number of hydrogen-bond acceptors (Lipinski definition) is 4. The number of rotatable bonds is 2. The first kappa shape index (κ1) is 15.5. The predicted octanol–water partition coefficient (Wildman–Crippen LogP) is 2.07. The van der Waals surface area contributed by atoms with Crippen molar-refractivity contribution in [3.8, 4) is 11.3 Å². The van der Waals surface area contributed by atoms with Gasteiger partial charge in [-0.3, -0.25) is 24.7 Å². The molecule has 3 amide bonds. The van der Waals surface area contributed by atoms with Crippen molar-refractivity contribution in [2.75, 3.05) is 0 Å². The minimum atomic E-state index is -0.606. The monoisotopic (exact) mass is 335 g/mol. The van der Waals surface area contributed by atoms with Crippen LogP contribution in [-0.4, -0.2) is 33.6 Å². The summed E-state index contributed by atoms with van der Waals surface area (Å²) in [7, 11) is 0. The summed E-state index contributed by atoms with van der Waals surface area (Å²) in [5.41, 5.74) is 3.27. The molecule has 126 valence electrons. The van der Waals surface area contributed by atoms with Crippen molar-refractivity contribution in [2.45, 2.75) is 31.8 Å². The van der Waals surface area contributed by atoms with Crippen molar-refractivity contribution >= 4 is 17.7 Å². The van der Waals surface area contributed by atoms with E-state index in [1.807, 2.05) is 37.3 Å². The fourth-order valence-electron chi connectivity index (χ4n) is 3.62. The third-order valence-corrected chi connectivity index (χ3v) is 4.89. The van der Waals surface area contributed by atoms with Crippen molar-refractivity contribution in [2.24, 2.45) is 0 Å². The van der Waals surface area contributed by atoms with Gasteiger partial charge in [0.25, 0.3) is 5.91 Å². The largest absolute Gasteiger partial charge is 0.320 e. The minimum Gasteiger partial charge on any atom is -0.320 e. The molecule has 0 saturated carbocycles. The molecule has 2 aromatic rings. The Balaban J connectivity index is 1.69. The van der Waals surface area contributed by atoms with Crippen molar-refractivity contribution in [3.05, 3.63) is 53.7 Å². The first-order chi connectivity index (χ1) is 12.1. The summed E-state index contributed by atoms with van der Waals surface area (Å²) in [6.07, 6.45) is 2.34. The Morgan fingerprint density at radius 2 is 2.00 bits per heavy atom. The standard InChI is InChI=1S/C19H17N3O3/c1-11-14-10-12(15-4-2-3-9-20-15)5-6-13(14)19(25)22(11)16-7-8-17(23)21-18(16)24/h2-6,9-11,16H,7-8H2,1H3,(H,21,23,24). The summed E-state index contributed by atoms with van der Waals surface area (Å²) in [4.78, 5) is 42.3. The van der Waals surface area contributed by atoms with Crippen LogP contribution in [0.25, 0.3) is 11.3 Å². The quantitative estimate of drug-likeness (QED) is 0.852. The van der Waals surface area contributed by atoms with E-state index in [9.17, 15) is 14.4 Å². The second-order valence-corrected chi connectivity index (χ2v) is 6.37. The smallest absolute Gasteiger partial charge is 0.255 e. The number of hydrogen-bond donors (Lipinski definition) is 1. The van der Waals surface area contributed by atoms with Crippen LogP contribution in [0.5, 0.6) is 0 Å². The van der Waals surface area contributed by atoms with Crippen LogP contribution >= 0.6 is 0 Å². The highest BCUT2D eigenvalue weighted by Gasteiger charge is 2.43. The first-order valence-electron chi connectivity index (χ1n) is 8.28. The highest BCUT2D eigenvalue weighted by Crippen LogP contribution is 2.38. The molecule has 0 aliphatic carbocycles. The van der Waals surface area contributed by atoms with Gasteiger partial charge in [-0.1, -0.05) is 12.1 Å². The van der Waals surface area contributed by atoms with E-state index in [-0.39, 0.29) is 24.3 Å². The zero-order valence-electron chi connectivity index (χ0n) is 13.7. The van der Waals surface area contributed by atoms with Gasteiger partial charge in [-0.2, -0.15) is 0 Å². The summed E-state index contributed by atoms with van der Waals surface area (Å²) in [6.45, 7) is 1.91. The molecule has 0 spiro atoms. The van der Waals surface area contributed by atoms with Gasteiger partial charge in [-0.15, -0.1) is 0 Å². The maximum atomic E-state index is 12.8. The number of nitrogens with one attached hydrogen (secondary N) is 1. The van der Waals surface area contributed by atoms with Gasteiger partial charge in [0.05, 0.1) is 11.7 Å². The first-order valence-corrected chi connectivity index (χ1v) is 8.28. The lowest BCUT2D eigenvalue weighted by atomic mass is 9.99. The lowest BCUT2D eigenvalue weighted by Gasteiger charge is -2.32. The van der Waals surface area contributed by atoms with Crippen LogP contribution in [0.2, 0.25) is 0 Å². The summed E-state index contributed by atoms with van der Waals surface area (Å²) < 4.78 is 0. The lowest BCUT2D eigenvalue weighted by Crippen LogP contribution is -2.53. The number of benzene rings is 1. The summed E-state index contributed by atoms with van der Waals surface area (Å²) in [5.74, 6) is -0.839. The van der Waals surface area contributed by atoms with E-state index < -0.39 is 11.9 Å². The average molecular weight is 335 g/mol. The number of carbonyl (C=O) groups excluding carboxylic acids is 3. The van der Waals surface area contributed by atoms with E-state index in [1.54, 1.807) is 17.2 Å². The molecule has 1 fully saturated rings. The third kappa shape index (κ3) is 2.50. The normalized spacial score (nSPS) is 22.8. The number of carbonyl (C=O) groups is 3. The van der Waals surface area contributed by atoms with Crippen LogP contribution in [0.4, 0.5) is 0 Å². The Labute approximate surface area is 144 Å². The van der Waals surface area contributed by atoms with Crippen molar-refractivity contribution in [3.63, 3.8) is 0 Å². The number of pyridine rings is 1. The molecule has 6 heteroatoms. The summed E-state index contributed by atoms with van der Waals surface area (Å²) in [6, 6.07) is 10.5. The van der Waals surface area contributed by atoms with E-state index in [2.05, 4.69) is 10.3 Å². The Bertz CT molecular complexity index is 879. The number of nitrogens with zero attached hydrogens (tertiary/aromatic N) is 2. The van der Waals surface area contributed by atoms with Crippen LogP contribution in [0, 0.1) is 0 Å². The van der Waals surface area contributed by atoms with Gasteiger partial charge < -0.3 is 4.90 Å². The molecule has 2 aliphatic rings. The Kier molecular flexibility index (Phi) is 3.60. The van der Waals surface area contributed by atoms with Gasteiger partial charge >= 0.3 is 0 Å². The number of piperidine rings is 1. The van der Waals surface area contributed by atoms with Crippen LogP contribution in [0.15, 0.2) is 42.6 Å². The SMILES string of the molecule is CC1c2cc(-c3ccccn3)ccc2C(=O)N1C1CCC(=O)NC1=O. The molecule has 1 aromatic heterocycles. The number of fused-ring (bicyclic) bond motifs is 1. The maximum Gasteiger partial charge on any atom is 0.255 e. The van der Waals surface area contributed by atoms with Gasteiger partial charge in [-0.05, 0) is 43.2 Å². The van der Waals surface area contributed by atoms with Gasteiger partial charge in [0.2, 0.25) is 11.8 Å². The topological polar surface area (TPSA) is 79.4 Å². The van der Waals surface area contributed by atoms with E-state index in [0.717, 1.165) is 16.8 Å². The Morgan fingerprint density at radius 3 is 2.72 bits per heavy atom. The highest BCUT2D eigenvalue weighted by atomic mass is 16.2. The molecular weight excluding hydrogens is 318 g/mol. The Morgan fingerprint density at radius 1 is 1.16 bits per heavy atom. The van der Waals surface area contributed by atoms with Crippen LogP contribution in [-0.2, 0) is 9.59 Å². The fourth-order valence-corrected chi connectivity index (χ4v) is 3.62. The molecular formula is C19H17N3O3. The fraction of sp³-hybridized carbons (Fsp3) is 0.263. The highest BCUT2D eigenvalue weighted by molar-refractivity contribution is 6.06. The average Bonchev–Trinajstić information content (AvgIpc) is 2.87. The molecule has 0 radical (unpaired) electrons. The van der Waals surface area contributed by atoms with Crippen molar-refractivity contribution in [1.29, 1.82) is 0 Å². The molecule has 0 bridgehead atoms. The molecule has 4 rings (SSSR count). The number of imide groups is 1. The Hall–Kier alpha value is -3.02. The zero-order chi connectivity index (χ0) is 17.6. The molecule has 2 unspecified atom stereocenters. The second-order valence-electron chi connectivity index (χ2n) is 6.37. The van der Waals surface area contributed by atoms with Crippen molar-refractivity contribution < 1.29 is 14.4 Å². The van der Waals surface area contributed by atoms with Crippen LogP contribution in [0.3, 0.4) is 0 Å². The molecule has 1 N–H and O–H groups in total. The van der Waals surface area contributed by atoms with Crippen LogP contribution in [0.1, 0.15) is 41.7 Å². The molecule has 3 heterocycles. The number of amides is 3. The van der Waals surface area contributed by atoms with Gasteiger partial charge in [0.1, 0.15) is 6.04 Å². The van der Waals surface area contributed by atoms with E-state index in [4.69, 9.17) is 0 Å². The second kappa shape index (κ2) is 5.81. The summed E-state index contributed by atoms with van der Waals surface area (Å²) >= 11 is 0. The third-order valence-electron chi connectivity index (χ3n) is 4.89. The van der Waals surface area contributed by atoms with Gasteiger partial charge in [0.15, 0.2) is 0 Å². The van der Waals surface area contributed by atoms with E-state index >= 15 is 0 Å². The lowest BCUT2D eigenvalue weighted by molar-refractivity contribution is -0.137. The van der Waals surface area contributed by atoms with E-state index in [1.165, 1.54) is 0 Å². The maximum absolute atomic E-state index is 12.8. The van der Waals surface area contributed by atoms with Gasteiger partial charge in [-0.25, -0.2) is 0 Å². The molecule has 25 heavy (non-hydrogen) atoms. The van der Waals surface area contributed by atoms with E-state index in [0.29, 0.717) is 12.0 Å². The number of aromatic nitrogens is 1. The molecule has 6 nitrogen and oxygen atoms in total. The minimum absolute atomic E-state index is 0.162. The predicted molar refractivity (Wildman–Crippen MR) is 90.4 cm³/mol. The zero-order valence-corrected chi connectivity index (χ0v) is 13.7. The van der Waals surface area contributed by atoms with Crippen LogP contribution < -0.4 is 5.32 Å². The summed E-state index contributed by atoms with van der Waals surface area (Å²) in [5, 5.41) is 2.33. The van der Waals surface area contributed by atoms with Gasteiger partial charge in [0, 0.05) is 23.7 Å². The molecule has 2 aliphatic heterocycles. The molecule has 1 saturated heterocycles. The molecule has 2 atom stereocenters.